The van der Waals surface area contributed by atoms with Crippen molar-refractivity contribution in [1.82, 2.24) is 14.5 Å². The van der Waals surface area contributed by atoms with Crippen LogP contribution in [0, 0.1) is 0 Å². The first-order valence-corrected chi connectivity index (χ1v) is 13.7. The Morgan fingerprint density at radius 3 is 2.07 bits per heavy atom. The third-order valence-corrected chi connectivity index (χ3v) is 7.39. The van der Waals surface area contributed by atoms with Crippen molar-refractivity contribution in [3.05, 3.63) is 157 Å². The fourth-order valence-corrected chi connectivity index (χ4v) is 5.39. The van der Waals surface area contributed by atoms with Crippen LogP contribution < -0.4 is 0 Å². The van der Waals surface area contributed by atoms with E-state index in [4.69, 9.17) is 9.97 Å². The largest absolute Gasteiger partial charge is 0.507 e. The topological polar surface area (TPSA) is 50.9 Å². The second-order valence-corrected chi connectivity index (χ2v) is 10.1. The third kappa shape index (κ3) is 4.77. The number of aromatic hydroxyl groups is 1. The van der Waals surface area contributed by atoms with E-state index in [2.05, 4.69) is 95.6 Å². The summed E-state index contributed by atoms with van der Waals surface area (Å²) >= 11 is 0. The average Bonchev–Trinajstić information content (AvgIpc) is 3.42. The van der Waals surface area contributed by atoms with Gasteiger partial charge in [0.1, 0.15) is 11.6 Å². The van der Waals surface area contributed by atoms with E-state index in [0.29, 0.717) is 11.4 Å². The predicted octanol–water partition coefficient (Wildman–Crippen LogP) is 8.72. The minimum absolute atomic E-state index is 0.199. The van der Waals surface area contributed by atoms with E-state index in [-0.39, 0.29) is 5.75 Å². The average molecular weight is 530 g/mol. The molecule has 41 heavy (non-hydrogen) atoms. The first kappa shape index (κ1) is 24.6. The van der Waals surface area contributed by atoms with E-state index < -0.39 is 0 Å². The lowest BCUT2D eigenvalue weighted by Gasteiger charge is -2.11. The number of aromatic nitrogens is 3. The minimum Gasteiger partial charge on any atom is -0.507 e. The SMILES string of the molecule is Oc1ccccc1-c1nc2c(-c3cccc(-c4ccc(Cc5ccccc5)cn4)c3)cccc2n1-c1ccccc1. The Hall–Kier alpha value is -5.48. The molecule has 0 fully saturated rings. The van der Waals surface area contributed by atoms with Gasteiger partial charge in [0.25, 0.3) is 0 Å². The van der Waals surface area contributed by atoms with Crippen molar-refractivity contribution in [3.8, 4) is 45.2 Å². The van der Waals surface area contributed by atoms with Crippen LogP contribution in [0.15, 0.2) is 146 Å². The van der Waals surface area contributed by atoms with Crippen LogP contribution in [-0.2, 0) is 6.42 Å². The summed E-state index contributed by atoms with van der Waals surface area (Å²) in [5.74, 6) is 0.897. The molecule has 0 aliphatic rings. The number of hydrogen-bond acceptors (Lipinski definition) is 3. The molecule has 0 radical (unpaired) electrons. The van der Waals surface area contributed by atoms with Gasteiger partial charge in [-0.1, -0.05) is 97.1 Å². The highest BCUT2D eigenvalue weighted by Crippen LogP contribution is 2.37. The molecule has 0 aliphatic carbocycles. The monoisotopic (exact) mass is 529 g/mol. The molecule has 7 rings (SSSR count). The zero-order chi connectivity index (χ0) is 27.6. The summed E-state index contributed by atoms with van der Waals surface area (Å²) < 4.78 is 2.12. The molecule has 2 heterocycles. The molecule has 4 nitrogen and oxygen atoms in total. The Morgan fingerprint density at radius 1 is 0.585 bits per heavy atom. The van der Waals surface area contributed by atoms with E-state index in [1.807, 2.05) is 48.7 Å². The van der Waals surface area contributed by atoms with E-state index in [1.54, 1.807) is 6.07 Å². The summed E-state index contributed by atoms with van der Waals surface area (Å²) in [6.45, 7) is 0. The van der Waals surface area contributed by atoms with E-state index in [1.165, 1.54) is 11.1 Å². The highest BCUT2D eigenvalue weighted by atomic mass is 16.3. The highest BCUT2D eigenvalue weighted by molar-refractivity contribution is 5.96. The van der Waals surface area contributed by atoms with Gasteiger partial charge in [0.15, 0.2) is 0 Å². The predicted molar refractivity (Wildman–Crippen MR) is 166 cm³/mol. The molecule has 0 atom stereocenters. The van der Waals surface area contributed by atoms with Crippen molar-refractivity contribution in [2.45, 2.75) is 6.42 Å². The number of nitrogens with zero attached hydrogens (tertiary/aromatic N) is 3. The summed E-state index contributed by atoms with van der Waals surface area (Å²) in [6, 6.07) is 46.9. The van der Waals surface area contributed by atoms with Crippen molar-refractivity contribution < 1.29 is 5.11 Å². The Balaban J connectivity index is 1.31. The zero-order valence-electron chi connectivity index (χ0n) is 22.4. The van der Waals surface area contributed by atoms with Crippen LogP contribution in [0.5, 0.6) is 5.75 Å². The summed E-state index contributed by atoms with van der Waals surface area (Å²) in [6.07, 6.45) is 2.83. The van der Waals surface area contributed by atoms with Crippen LogP contribution in [0.3, 0.4) is 0 Å². The van der Waals surface area contributed by atoms with Crippen LogP contribution in [0.4, 0.5) is 0 Å². The summed E-state index contributed by atoms with van der Waals surface area (Å²) in [5.41, 5.74) is 10.0. The van der Waals surface area contributed by atoms with Gasteiger partial charge in [0, 0.05) is 23.0 Å². The van der Waals surface area contributed by atoms with Gasteiger partial charge in [0.2, 0.25) is 0 Å². The molecule has 0 aliphatic heterocycles. The van der Waals surface area contributed by atoms with Crippen LogP contribution in [0.2, 0.25) is 0 Å². The smallest absolute Gasteiger partial charge is 0.149 e. The maximum absolute atomic E-state index is 10.8. The number of benzene rings is 5. The normalized spacial score (nSPS) is 11.1. The number of pyridine rings is 1. The maximum atomic E-state index is 10.8. The quantitative estimate of drug-likeness (QED) is 0.234. The summed E-state index contributed by atoms with van der Waals surface area (Å²) in [5, 5.41) is 10.8. The van der Waals surface area contributed by atoms with Gasteiger partial charge >= 0.3 is 0 Å². The molecule has 196 valence electrons. The molecule has 0 amide bonds. The standard InChI is InChI=1S/C37H27N3O/c41-35-20-8-7-17-32(35)37-39-36-31(18-10-19-34(36)40(37)30-15-5-2-6-16-30)28-13-9-14-29(24-28)33-22-21-27(25-38-33)23-26-11-3-1-4-12-26/h1-22,24-25,41H,23H2. The molecule has 7 aromatic rings. The summed E-state index contributed by atoms with van der Waals surface area (Å²) in [4.78, 5) is 9.94. The Morgan fingerprint density at radius 2 is 1.29 bits per heavy atom. The fourth-order valence-electron chi connectivity index (χ4n) is 5.39. The van der Waals surface area contributed by atoms with Gasteiger partial charge in [-0.05, 0) is 65.6 Å². The fraction of sp³-hybridized carbons (Fsp3) is 0.0270. The van der Waals surface area contributed by atoms with Crippen LogP contribution in [-0.4, -0.2) is 19.6 Å². The molecular formula is C37H27N3O. The first-order chi connectivity index (χ1) is 20.2. The lowest BCUT2D eigenvalue weighted by atomic mass is 9.99. The van der Waals surface area contributed by atoms with E-state index in [9.17, 15) is 5.11 Å². The number of phenols is 1. The highest BCUT2D eigenvalue weighted by Gasteiger charge is 2.19. The number of para-hydroxylation sites is 3. The Labute approximate surface area is 238 Å². The first-order valence-electron chi connectivity index (χ1n) is 13.7. The van der Waals surface area contributed by atoms with Crippen molar-refractivity contribution >= 4 is 11.0 Å². The minimum atomic E-state index is 0.199. The van der Waals surface area contributed by atoms with Crippen LogP contribution >= 0.6 is 0 Å². The van der Waals surface area contributed by atoms with Crippen molar-refractivity contribution in [2.75, 3.05) is 0 Å². The lowest BCUT2D eigenvalue weighted by Crippen LogP contribution is -1.97. The third-order valence-electron chi connectivity index (χ3n) is 7.39. The second-order valence-electron chi connectivity index (χ2n) is 10.1. The lowest BCUT2D eigenvalue weighted by molar-refractivity contribution is 0.477. The molecule has 0 saturated carbocycles. The molecule has 1 N–H and O–H groups in total. The molecule has 2 aromatic heterocycles. The number of hydrogen-bond donors (Lipinski definition) is 1. The maximum Gasteiger partial charge on any atom is 0.149 e. The number of imidazole rings is 1. The van der Waals surface area contributed by atoms with Gasteiger partial charge in [-0.25, -0.2) is 4.98 Å². The van der Waals surface area contributed by atoms with Crippen molar-refractivity contribution in [2.24, 2.45) is 0 Å². The summed E-state index contributed by atoms with van der Waals surface area (Å²) in [7, 11) is 0. The van der Waals surface area contributed by atoms with Crippen molar-refractivity contribution in [3.63, 3.8) is 0 Å². The molecule has 0 bridgehead atoms. The van der Waals surface area contributed by atoms with Gasteiger partial charge in [-0.15, -0.1) is 0 Å². The van der Waals surface area contributed by atoms with Gasteiger partial charge < -0.3 is 5.11 Å². The number of rotatable bonds is 6. The molecule has 4 heteroatoms. The number of phenolic OH excluding ortho intramolecular Hbond substituents is 1. The molecular weight excluding hydrogens is 502 g/mol. The molecule has 5 aromatic carbocycles. The van der Waals surface area contributed by atoms with E-state index >= 15 is 0 Å². The second kappa shape index (κ2) is 10.6. The molecule has 0 saturated heterocycles. The van der Waals surface area contributed by atoms with Crippen molar-refractivity contribution in [1.29, 1.82) is 0 Å². The zero-order valence-corrected chi connectivity index (χ0v) is 22.4. The van der Waals surface area contributed by atoms with Gasteiger partial charge in [-0.3, -0.25) is 9.55 Å². The van der Waals surface area contributed by atoms with Crippen LogP contribution in [0.25, 0.3) is 50.5 Å². The van der Waals surface area contributed by atoms with E-state index in [0.717, 1.165) is 45.5 Å². The van der Waals surface area contributed by atoms with Crippen LogP contribution in [0.1, 0.15) is 11.1 Å². The molecule has 0 spiro atoms. The Bertz CT molecular complexity index is 1960. The Kier molecular flexibility index (Phi) is 6.34. The van der Waals surface area contributed by atoms with Gasteiger partial charge in [0.05, 0.1) is 22.3 Å². The number of fused-ring (bicyclic) bond motifs is 1. The van der Waals surface area contributed by atoms with Gasteiger partial charge in [-0.2, -0.15) is 0 Å². The molecule has 0 unspecified atom stereocenters.